The number of benzene rings is 12. The van der Waals surface area contributed by atoms with Crippen LogP contribution in [0.5, 0.6) is 23.0 Å². The molecule has 17 nitrogen and oxygen atoms in total. The molecular weight excluding hydrogens is 1830 g/mol. The second-order valence-electron chi connectivity index (χ2n) is 38.7. The first kappa shape index (κ1) is 96.8. The smallest absolute Gasteiger partial charge is 0.252 e. The van der Waals surface area contributed by atoms with E-state index in [2.05, 4.69) is 235 Å². The van der Waals surface area contributed by atoms with E-state index in [0.29, 0.717) is 76.9 Å². The normalized spacial score (nSPS) is 19.1. The molecular formula is C123H113Cl3N12O5. The summed E-state index contributed by atoms with van der Waals surface area (Å²) in [6.07, 6.45) is 13.6. The van der Waals surface area contributed by atoms with Crippen LogP contribution >= 0.6 is 34.8 Å². The van der Waals surface area contributed by atoms with Crippen molar-refractivity contribution >= 4 is 84.3 Å². The number of hydrogen-bond donors (Lipinski definition) is 2. The summed E-state index contributed by atoms with van der Waals surface area (Å²) in [6.45, 7) is 10.7. The molecule has 2 N–H and O–H groups in total. The van der Waals surface area contributed by atoms with Crippen molar-refractivity contribution in [1.82, 2.24) is 54.3 Å². The van der Waals surface area contributed by atoms with E-state index >= 15 is 0 Å². The lowest BCUT2D eigenvalue weighted by Crippen LogP contribution is -2.43. The predicted molar refractivity (Wildman–Crippen MR) is 574 cm³/mol. The molecule has 716 valence electrons. The minimum absolute atomic E-state index is 0. The number of imidazole rings is 3. The number of para-hydroxylation sites is 4. The lowest BCUT2D eigenvalue weighted by Gasteiger charge is -2.48. The number of carbonyl (C=O) groups excluding carboxylic acids is 1. The van der Waals surface area contributed by atoms with Gasteiger partial charge in [-0.3, -0.25) is 4.79 Å². The second kappa shape index (κ2) is 42.4. The Morgan fingerprint density at radius 1 is 0.385 bits per heavy atom. The highest BCUT2D eigenvalue weighted by atomic mass is 35.5. The van der Waals surface area contributed by atoms with Gasteiger partial charge in [-0.15, -0.1) is 0 Å². The Balaban J connectivity index is 0.000000121. The minimum atomic E-state index is -0.263. The van der Waals surface area contributed by atoms with Crippen LogP contribution in [0.25, 0.3) is 77.8 Å². The third-order valence-corrected chi connectivity index (χ3v) is 29.4. The number of amides is 1. The summed E-state index contributed by atoms with van der Waals surface area (Å²) < 4.78 is 29.0. The van der Waals surface area contributed by atoms with Crippen molar-refractivity contribution in [1.29, 1.82) is 5.26 Å². The average molecular weight is 1950 g/mol. The lowest BCUT2D eigenvalue weighted by atomic mass is 9.55. The largest absolute Gasteiger partial charge is 0.487 e. The highest BCUT2D eigenvalue weighted by Crippen LogP contribution is 2.59. The zero-order valence-corrected chi connectivity index (χ0v) is 82.5. The molecule has 20 heteroatoms. The second-order valence-corrected chi connectivity index (χ2v) is 39.9. The Hall–Kier alpha value is -15.1. The predicted octanol–water partition coefficient (Wildman–Crippen LogP) is 29.2. The molecule has 7 aromatic heterocycles. The number of aromatic nitrogens is 10. The molecule has 0 saturated heterocycles. The Morgan fingerprint density at radius 3 is 1.03 bits per heavy atom. The summed E-state index contributed by atoms with van der Waals surface area (Å²) in [6, 6.07) is 118. The van der Waals surface area contributed by atoms with Crippen LogP contribution in [-0.4, -0.2) is 61.5 Å². The van der Waals surface area contributed by atoms with Crippen LogP contribution in [0.3, 0.4) is 0 Å². The number of nitrogens with one attached hydrogen (secondary N) is 2. The highest BCUT2D eigenvalue weighted by Gasteiger charge is 2.51. The summed E-state index contributed by atoms with van der Waals surface area (Å²) >= 11 is 18.9. The Morgan fingerprint density at radius 2 is 0.706 bits per heavy atom. The van der Waals surface area contributed by atoms with Crippen molar-refractivity contribution in [2.45, 2.75) is 135 Å². The highest BCUT2D eigenvalue weighted by molar-refractivity contribution is 6.30. The number of ether oxygens (including phenoxy) is 4. The van der Waals surface area contributed by atoms with Gasteiger partial charge >= 0.3 is 0 Å². The van der Waals surface area contributed by atoms with E-state index in [1.54, 1.807) is 12.4 Å². The molecule has 12 aromatic carbocycles. The molecule has 1 amide bonds. The van der Waals surface area contributed by atoms with Gasteiger partial charge in [0.1, 0.15) is 88.9 Å². The van der Waals surface area contributed by atoms with Crippen LogP contribution in [0, 0.1) is 35.0 Å². The quantitative estimate of drug-likeness (QED) is 0.0512. The summed E-state index contributed by atoms with van der Waals surface area (Å²) in [5.74, 6) is 7.96. The number of fused-ring (bicyclic) bond motifs is 4. The Labute approximate surface area is 850 Å². The fourth-order valence-corrected chi connectivity index (χ4v) is 22.7. The van der Waals surface area contributed by atoms with Crippen LogP contribution in [0.15, 0.2) is 358 Å². The number of nitriles is 1. The summed E-state index contributed by atoms with van der Waals surface area (Å²) in [5, 5.41) is 17.8. The number of H-pyrrole nitrogens is 1. The van der Waals surface area contributed by atoms with E-state index in [4.69, 9.17) is 78.9 Å². The van der Waals surface area contributed by atoms with E-state index in [1.165, 1.54) is 38.9 Å². The molecule has 4 saturated carbocycles. The molecule has 0 aliphatic heterocycles. The van der Waals surface area contributed by atoms with Gasteiger partial charge in [-0.05, 0) is 241 Å². The molecule has 0 spiro atoms. The molecule has 4 fully saturated rings. The van der Waals surface area contributed by atoms with E-state index in [9.17, 15) is 4.79 Å². The van der Waals surface area contributed by atoms with Gasteiger partial charge in [-0.2, -0.15) is 5.26 Å². The minimum Gasteiger partial charge on any atom is -0.487 e. The topological polar surface area (TPSA) is 206 Å². The summed E-state index contributed by atoms with van der Waals surface area (Å²) in [5.41, 5.74) is 20.6. The van der Waals surface area contributed by atoms with Gasteiger partial charge in [0, 0.05) is 85.8 Å². The summed E-state index contributed by atoms with van der Waals surface area (Å²) in [7, 11) is 3.95. The zero-order chi connectivity index (χ0) is 97.5. The van der Waals surface area contributed by atoms with Gasteiger partial charge in [0.25, 0.3) is 5.91 Å². The SMILES string of the molecule is C.CC1CC(c2ccccc2)(c2cc(OCc3ccc4ccccc4n3)ccc2-c2nc(Cl)cn2C)C1.CC1CC(c2ccccc2)(c2cc(OCc3ccc4ccccc4n3)ccc2-c2ncc(Cl)[nH]2)C1.CC1CC(c2ccccc2)(c2cc(OCc3ccc4ccccc4n3)ccc2-c2ncc(Cl)n2C)C1.CC1CC(c2ccccc2)(c2cc(OCc3ccc4ccccc4n3)ccc2C(=O)NCC#N)C1. The molecule has 143 heavy (non-hydrogen) atoms. The molecule has 19 aromatic rings. The van der Waals surface area contributed by atoms with E-state index in [-0.39, 0.29) is 41.5 Å². The van der Waals surface area contributed by atoms with Crippen LogP contribution in [0.2, 0.25) is 15.5 Å². The molecule has 4 aliphatic rings. The van der Waals surface area contributed by atoms with Gasteiger partial charge in [0.05, 0.1) is 63.3 Å². The number of aryl methyl sites for hydroxylation is 1. The van der Waals surface area contributed by atoms with Gasteiger partial charge in [0.15, 0.2) is 0 Å². The lowest BCUT2D eigenvalue weighted by molar-refractivity contribution is 0.0952. The van der Waals surface area contributed by atoms with Gasteiger partial charge in [-0.1, -0.05) is 288 Å². The number of carbonyl (C=O) groups is 1. The standard InChI is InChI=1S/2C31H28ClN3O.C30H26ClN3O.C30H27N3O2.CH4/c1-21-17-31(18-21,23-9-4-3-5-10-23)27-16-25(14-15-26(27)30-34-29(32)19-35(30)2)36-20-24-13-12-22-8-6-7-11-28(22)33-24;1-21-17-31(18-21,23-9-4-3-5-10-23)27-16-25(14-15-26(27)30-33-19-29(32)35(30)2)36-20-24-13-12-22-8-6-7-11-28(22)34-24;1-20-16-30(17-20,22-8-3-2-4-9-22)26-15-24(13-14-25(26)29-32-18-28(31)34-29)35-19-23-12-11-21-7-5-6-10-27(21)33-23;1-21-18-30(19-21,23-8-3-2-4-9-23)27-17-25(13-14-26(27)29(34)32-16-15-31)35-20-24-12-11-22-7-5-6-10-28(22)33-24;/h2*3-16,19,21H,17-18,20H2,1-2H3;2-15,18,20H,16-17,19H2,1H3,(H,32,34);2-14,17,21H,16,18-20H2,1H3,(H,32,34);1H4. The van der Waals surface area contributed by atoms with E-state index < -0.39 is 0 Å². The van der Waals surface area contributed by atoms with Gasteiger partial charge < -0.3 is 38.4 Å². The van der Waals surface area contributed by atoms with E-state index in [0.717, 1.165) is 175 Å². The number of nitrogens with zero attached hydrogens (tertiary/aromatic N) is 10. The van der Waals surface area contributed by atoms with Crippen molar-refractivity contribution in [2.24, 2.45) is 37.8 Å². The molecule has 7 heterocycles. The first-order chi connectivity index (χ1) is 69.2. The molecule has 4 aliphatic carbocycles. The van der Waals surface area contributed by atoms with Crippen LogP contribution in [-0.2, 0) is 62.2 Å². The first-order valence-electron chi connectivity index (χ1n) is 48.7. The maximum absolute atomic E-state index is 13.0. The maximum Gasteiger partial charge on any atom is 0.252 e. The average Bonchev–Trinajstić information content (AvgIpc) is 1.28. The molecule has 0 unspecified atom stereocenters. The Bertz CT molecular complexity index is 7610. The monoisotopic (exact) mass is 1940 g/mol. The number of halogens is 3. The third-order valence-electron chi connectivity index (χ3n) is 28.7. The molecule has 0 atom stereocenters. The number of aromatic amines is 1. The van der Waals surface area contributed by atoms with Crippen molar-refractivity contribution in [3.8, 4) is 63.2 Å². The van der Waals surface area contributed by atoms with Gasteiger partial charge in [0.2, 0.25) is 0 Å². The van der Waals surface area contributed by atoms with Crippen LogP contribution in [0.4, 0.5) is 0 Å². The fraction of sp³-hybridized carbons (Fsp3) is 0.228. The van der Waals surface area contributed by atoms with E-state index in [1.807, 2.05) is 193 Å². The third kappa shape index (κ3) is 20.5. The Kier molecular flexibility index (Phi) is 28.7. The van der Waals surface area contributed by atoms with Crippen molar-refractivity contribution in [2.75, 3.05) is 6.54 Å². The zero-order valence-electron chi connectivity index (χ0n) is 80.2. The maximum atomic E-state index is 13.0. The van der Waals surface area contributed by atoms with Crippen LogP contribution < -0.4 is 24.3 Å². The van der Waals surface area contributed by atoms with Crippen molar-refractivity contribution < 1.29 is 23.7 Å². The molecule has 0 bridgehead atoms. The number of pyridine rings is 4. The fourth-order valence-electron chi connectivity index (χ4n) is 22.2. The van der Waals surface area contributed by atoms with Crippen LogP contribution in [0.1, 0.15) is 164 Å². The number of rotatable bonds is 25. The molecule has 0 radical (unpaired) electrons. The van der Waals surface area contributed by atoms with Crippen molar-refractivity contribution in [3.63, 3.8) is 0 Å². The molecule has 23 rings (SSSR count). The summed E-state index contributed by atoms with van der Waals surface area (Å²) in [4.78, 5) is 49.1. The van der Waals surface area contributed by atoms with Gasteiger partial charge in [-0.25, -0.2) is 34.9 Å². The van der Waals surface area contributed by atoms with Crippen molar-refractivity contribution in [3.05, 3.63) is 447 Å². The first-order valence-corrected chi connectivity index (χ1v) is 49.8. The number of hydrogen-bond acceptors (Lipinski definition) is 13.